The van der Waals surface area contributed by atoms with E-state index in [1.54, 1.807) is 18.2 Å². The van der Waals surface area contributed by atoms with E-state index in [9.17, 15) is 4.39 Å². The van der Waals surface area contributed by atoms with Crippen molar-refractivity contribution in [3.63, 3.8) is 0 Å². The molecule has 2 aromatic carbocycles. The maximum Gasteiger partial charge on any atom is 0.126 e. The summed E-state index contributed by atoms with van der Waals surface area (Å²) in [6, 6.07) is 11.7. The summed E-state index contributed by atoms with van der Waals surface area (Å²) in [6.45, 7) is 0.515. The number of nitrogens with two attached hydrogens (primary N) is 1. The standard InChI is InChI=1S/C14H13ClFNOS/c15-10-2-1-3-13(6-10)18-4-5-19-14-8-11(16)7-12(17)9-14/h1-3,6-9H,4-5,17H2. The van der Waals surface area contributed by atoms with Crippen LogP contribution in [0.25, 0.3) is 0 Å². The van der Waals surface area contributed by atoms with E-state index in [-0.39, 0.29) is 5.82 Å². The van der Waals surface area contributed by atoms with Crippen molar-refractivity contribution in [2.24, 2.45) is 0 Å². The first-order chi connectivity index (χ1) is 9.13. The zero-order valence-electron chi connectivity index (χ0n) is 10.1. The highest BCUT2D eigenvalue weighted by atomic mass is 35.5. The predicted octanol–water partition coefficient (Wildman–Crippen LogP) is 4.23. The lowest BCUT2D eigenvalue weighted by Gasteiger charge is -2.07. The molecule has 0 spiro atoms. The second kappa shape index (κ2) is 6.68. The largest absolute Gasteiger partial charge is 0.493 e. The lowest BCUT2D eigenvalue weighted by Crippen LogP contribution is -2.00. The Hall–Kier alpha value is -1.39. The minimum Gasteiger partial charge on any atom is -0.493 e. The fourth-order valence-corrected chi connectivity index (χ4v) is 2.54. The molecule has 0 saturated carbocycles. The van der Waals surface area contributed by atoms with Gasteiger partial charge in [-0.05, 0) is 36.4 Å². The van der Waals surface area contributed by atoms with Gasteiger partial charge in [0, 0.05) is 21.4 Å². The first kappa shape index (κ1) is 14.0. The molecule has 0 fully saturated rings. The maximum atomic E-state index is 13.1. The molecule has 0 aliphatic carbocycles. The fourth-order valence-electron chi connectivity index (χ4n) is 1.54. The molecule has 0 bridgehead atoms. The van der Waals surface area contributed by atoms with Gasteiger partial charge in [0.15, 0.2) is 0 Å². The van der Waals surface area contributed by atoms with Crippen LogP contribution in [0.5, 0.6) is 5.75 Å². The topological polar surface area (TPSA) is 35.2 Å². The summed E-state index contributed by atoms with van der Waals surface area (Å²) < 4.78 is 18.6. The molecule has 0 radical (unpaired) electrons. The molecule has 0 aromatic heterocycles. The van der Waals surface area contributed by atoms with E-state index in [0.29, 0.717) is 23.1 Å². The fraction of sp³-hybridized carbons (Fsp3) is 0.143. The van der Waals surface area contributed by atoms with Gasteiger partial charge in [0.2, 0.25) is 0 Å². The van der Waals surface area contributed by atoms with E-state index in [1.165, 1.54) is 23.9 Å². The maximum absolute atomic E-state index is 13.1. The summed E-state index contributed by atoms with van der Waals surface area (Å²) in [7, 11) is 0. The number of rotatable bonds is 5. The van der Waals surface area contributed by atoms with Gasteiger partial charge in [-0.1, -0.05) is 17.7 Å². The number of hydrogen-bond donors (Lipinski definition) is 1. The van der Waals surface area contributed by atoms with Gasteiger partial charge >= 0.3 is 0 Å². The van der Waals surface area contributed by atoms with Crippen LogP contribution < -0.4 is 10.5 Å². The van der Waals surface area contributed by atoms with Crippen LogP contribution in [0.2, 0.25) is 5.02 Å². The van der Waals surface area contributed by atoms with Crippen LogP contribution in [0.3, 0.4) is 0 Å². The Morgan fingerprint density at radius 3 is 2.79 bits per heavy atom. The van der Waals surface area contributed by atoms with Gasteiger partial charge in [0.1, 0.15) is 11.6 Å². The molecular weight excluding hydrogens is 285 g/mol. The van der Waals surface area contributed by atoms with Gasteiger partial charge in [-0.3, -0.25) is 0 Å². The second-order valence-electron chi connectivity index (χ2n) is 3.87. The SMILES string of the molecule is Nc1cc(F)cc(SCCOc2cccc(Cl)c2)c1. The monoisotopic (exact) mass is 297 g/mol. The molecule has 0 amide bonds. The van der Waals surface area contributed by atoms with Crippen LogP contribution in [0.1, 0.15) is 0 Å². The van der Waals surface area contributed by atoms with Gasteiger partial charge in [-0.15, -0.1) is 11.8 Å². The van der Waals surface area contributed by atoms with Gasteiger partial charge in [0.25, 0.3) is 0 Å². The smallest absolute Gasteiger partial charge is 0.126 e. The first-order valence-electron chi connectivity index (χ1n) is 5.71. The normalized spacial score (nSPS) is 10.4. The average Bonchev–Trinajstić information content (AvgIpc) is 2.34. The number of benzene rings is 2. The molecule has 2 rings (SSSR count). The molecule has 2 aromatic rings. The highest BCUT2D eigenvalue weighted by molar-refractivity contribution is 7.99. The lowest BCUT2D eigenvalue weighted by atomic mass is 10.3. The Kier molecular flexibility index (Phi) is 4.93. The van der Waals surface area contributed by atoms with Crippen LogP contribution in [0.4, 0.5) is 10.1 Å². The second-order valence-corrected chi connectivity index (χ2v) is 5.48. The molecule has 2 nitrogen and oxygen atoms in total. The summed E-state index contributed by atoms with van der Waals surface area (Å²) in [6.07, 6.45) is 0. The van der Waals surface area contributed by atoms with Crippen molar-refractivity contribution in [2.45, 2.75) is 4.90 Å². The predicted molar refractivity (Wildman–Crippen MR) is 78.5 cm³/mol. The Labute approximate surface area is 120 Å². The van der Waals surface area contributed by atoms with Crippen molar-refractivity contribution >= 4 is 29.1 Å². The molecule has 0 atom stereocenters. The van der Waals surface area contributed by atoms with Gasteiger partial charge < -0.3 is 10.5 Å². The lowest BCUT2D eigenvalue weighted by molar-refractivity contribution is 0.344. The minimum atomic E-state index is -0.321. The quantitative estimate of drug-likeness (QED) is 0.509. The molecule has 0 aliphatic rings. The van der Waals surface area contributed by atoms with Crippen LogP contribution in [0.15, 0.2) is 47.4 Å². The summed E-state index contributed by atoms with van der Waals surface area (Å²) >= 11 is 7.34. The highest BCUT2D eigenvalue weighted by Gasteiger charge is 2.00. The minimum absolute atomic E-state index is 0.321. The summed E-state index contributed by atoms with van der Waals surface area (Å²) in [4.78, 5) is 0.798. The van der Waals surface area contributed by atoms with Crippen LogP contribution in [-0.2, 0) is 0 Å². The van der Waals surface area contributed by atoms with Crippen LogP contribution in [-0.4, -0.2) is 12.4 Å². The molecule has 0 heterocycles. The zero-order valence-corrected chi connectivity index (χ0v) is 11.7. The van der Waals surface area contributed by atoms with Crippen molar-refractivity contribution in [3.05, 3.63) is 53.3 Å². The number of ether oxygens (including phenoxy) is 1. The molecular formula is C14H13ClFNOS. The van der Waals surface area contributed by atoms with Crippen molar-refractivity contribution in [2.75, 3.05) is 18.1 Å². The van der Waals surface area contributed by atoms with E-state index >= 15 is 0 Å². The van der Waals surface area contributed by atoms with Crippen molar-refractivity contribution < 1.29 is 9.13 Å². The number of hydrogen-bond acceptors (Lipinski definition) is 3. The van der Waals surface area contributed by atoms with Crippen molar-refractivity contribution in [1.29, 1.82) is 0 Å². The van der Waals surface area contributed by atoms with E-state index in [4.69, 9.17) is 22.1 Å². The average molecular weight is 298 g/mol. The molecule has 19 heavy (non-hydrogen) atoms. The Bertz CT molecular complexity index is 545. The zero-order chi connectivity index (χ0) is 13.7. The highest BCUT2D eigenvalue weighted by Crippen LogP contribution is 2.22. The summed E-state index contributed by atoms with van der Waals surface area (Å²) in [5.41, 5.74) is 6.00. The molecule has 100 valence electrons. The summed E-state index contributed by atoms with van der Waals surface area (Å²) in [5, 5.41) is 0.642. The molecule has 5 heteroatoms. The Morgan fingerprint density at radius 1 is 1.21 bits per heavy atom. The Balaban J connectivity index is 1.80. The van der Waals surface area contributed by atoms with Crippen LogP contribution in [0, 0.1) is 5.82 Å². The third-order valence-corrected chi connectivity index (χ3v) is 3.49. The summed E-state index contributed by atoms with van der Waals surface area (Å²) in [5.74, 6) is 1.11. The van der Waals surface area contributed by atoms with E-state index in [0.717, 1.165) is 10.6 Å². The molecule has 0 unspecified atom stereocenters. The van der Waals surface area contributed by atoms with Crippen molar-refractivity contribution in [1.82, 2.24) is 0 Å². The number of thioether (sulfide) groups is 1. The van der Waals surface area contributed by atoms with E-state index < -0.39 is 0 Å². The van der Waals surface area contributed by atoms with Gasteiger partial charge in [0.05, 0.1) is 6.61 Å². The molecule has 2 N–H and O–H groups in total. The number of nitrogen functional groups attached to an aromatic ring is 1. The number of anilines is 1. The van der Waals surface area contributed by atoms with Gasteiger partial charge in [-0.25, -0.2) is 4.39 Å². The third-order valence-electron chi connectivity index (χ3n) is 2.31. The van der Waals surface area contributed by atoms with Gasteiger partial charge in [-0.2, -0.15) is 0 Å². The Morgan fingerprint density at radius 2 is 2.05 bits per heavy atom. The number of halogens is 2. The molecule has 0 aliphatic heterocycles. The van der Waals surface area contributed by atoms with E-state index in [1.807, 2.05) is 12.1 Å². The van der Waals surface area contributed by atoms with Crippen LogP contribution >= 0.6 is 23.4 Å². The third kappa shape index (κ3) is 4.65. The first-order valence-corrected chi connectivity index (χ1v) is 7.07. The van der Waals surface area contributed by atoms with E-state index in [2.05, 4.69) is 0 Å². The van der Waals surface area contributed by atoms with Crippen molar-refractivity contribution in [3.8, 4) is 5.75 Å². The molecule has 0 saturated heterocycles.